The maximum Gasteiger partial charge on any atom is 0.252 e. The topological polar surface area (TPSA) is 49.4 Å². The molecule has 108 valence electrons. The number of carbonyl (C=O) groups is 2. The molecule has 1 aliphatic heterocycles. The first-order valence-corrected chi connectivity index (χ1v) is 7.30. The van der Waals surface area contributed by atoms with Crippen LogP contribution in [0.5, 0.6) is 0 Å². The average molecular weight is 343 g/mol. The fourth-order valence-corrected chi connectivity index (χ4v) is 2.57. The second-order valence-corrected chi connectivity index (χ2v) is 5.74. The van der Waals surface area contributed by atoms with Crippen LogP contribution in [-0.2, 0) is 9.59 Å². The Bertz CT molecular complexity index is 550. The standard InChI is InChI=1S/C14H16BrFN2O2/c1-3-8(2)18-13(19)7-12(14(18)20)17-11-6-9(16)4-5-10(11)15/h4-6,8,12,17H,3,7H2,1-2H3. The molecule has 6 heteroatoms. The zero-order valence-electron chi connectivity index (χ0n) is 11.3. The van der Waals surface area contributed by atoms with Gasteiger partial charge < -0.3 is 5.32 Å². The lowest BCUT2D eigenvalue weighted by molar-refractivity contribution is -0.140. The van der Waals surface area contributed by atoms with Gasteiger partial charge in [0.25, 0.3) is 5.91 Å². The molecule has 0 saturated carbocycles. The lowest BCUT2D eigenvalue weighted by atomic mass is 10.2. The Morgan fingerprint density at radius 1 is 1.50 bits per heavy atom. The lowest BCUT2D eigenvalue weighted by Crippen LogP contribution is -2.40. The Kier molecular flexibility index (Phi) is 4.42. The average Bonchev–Trinajstić information content (AvgIpc) is 2.68. The Labute approximate surface area is 125 Å². The van der Waals surface area contributed by atoms with Gasteiger partial charge in [-0.25, -0.2) is 4.39 Å². The molecule has 1 aromatic carbocycles. The summed E-state index contributed by atoms with van der Waals surface area (Å²) in [5.41, 5.74) is 0.474. The molecule has 4 nitrogen and oxygen atoms in total. The Balaban J connectivity index is 2.17. The molecule has 0 radical (unpaired) electrons. The molecule has 20 heavy (non-hydrogen) atoms. The van der Waals surface area contributed by atoms with Gasteiger partial charge in [-0.15, -0.1) is 0 Å². The van der Waals surface area contributed by atoms with Crippen LogP contribution in [0.3, 0.4) is 0 Å². The van der Waals surface area contributed by atoms with Crippen molar-refractivity contribution < 1.29 is 14.0 Å². The van der Waals surface area contributed by atoms with Gasteiger partial charge in [-0.05, 0) is 47.5 Å². The molecule has 0 aliphatic carbocycles. The van der Waals surface area contributed by atoms with Crippen molar-refractivity contribution in [3.63, 3.8) is 0 Å². The lowest BCUT2D eigenvalue weighted by Gasteiger charge is -2.22. The predicted octanol–water partition coefficient (Wildman–Crippen LogP) is 2.93. The van der Waals surface area contributed by atoms with Gasteiger partial charge in [-0.1, -0.05) is 6.92 Å². The summed E-state index contributed by atoms with van der Waals surface area (Å²) in [5.74, 6) is -0.832. The van der Waals surface area contributed by atoms with E-state index in [4.69, 9.17) is 0 Å². The molecule has 1 N–H and O–H groups in total. The molecule has 1 fully saturated rings. The number of hydrogen-bond donors (Lipinski definition) is 1. The van der Waals surface area contributed by atoms with E-state index in [1.54, 1.807) is 6.07 Å². The molecule has 0 spiro atoms. The van der Waals surface area contributed by atoms with E-state index in [2.05, 4.69) is 21.2 Å². The summed E-state index contributed by atoms with van der Waals surface area (Å²) in [6.45, 7) is 3.77. The molecule has 0 bridgehead atoms. The summed E-state index contributed by atoms with van der Waals surface area (Å²) in [6, 6.07) is 3.44. The van der Waals surface area contributed by atoms with Gasteiger partial charge in [0.15, 0.2) is 0 Å². The largest absolute Gasteiger partial charge is 0.372 e. The molecular weight excluding hydrogens is 327 g/mol. The SMILES string of the molecule is CCC(C)N1C(=O)CC(Nc2cc(F)ccc2Br)C1=O. The van der Waals surface area contributed by atoms with E-state index in [1.807, 2.05) is 13.8 Å². The number of anilines is 1. The van der Waals surface area contributed by atoms with E-state index in [0.29, 0.717) is 16.6 Å². The van der Waals surface area contributed by atoms with Gasteiger partial charge in [0.05, 0.1) is 12.1 Å². The van der Waals surface area contributed by atoms with E-state index in [-0.39, 0.29) is 24.3 Å². The first-order chi connectivity index (χ1) is 9.43. The molecule has 1 heterocycles. The predicted molar refractivity (Wildman–Crippen MR) is 77.7 cm³/mol. The highest BCUT2D eigenvalue weighted by atomic mass is 79.9. The van der Waals surface area contributed by atoms with Gasteiger partial charge >= 0.3 is 0 Å². The summed E-state index contributed by atoms with van der Waals surface area (Å²) >= 11 is 3.29. The van der Waals surface area contributed by atoms with Crippen LogP contribution in [0.1, 0.15) is 26.7 Å². The highest BCUT2D eigenvalue weighted by Gasteiger charge is 2.40. The van der Waals surface area contributed by atoms with Crippen LogP contribution in [0.25, 0.3) is 0 Å². The van der Waals surface area contributed by atoms with Crippen LogP contribution in [-0.4, -0.2) is 28.8 Å². The second-order valence-electron chi connectivity index (χ2n) is 4.88. The number of amides is 2. The van der Waals surface area contributed by atoms with Gasteiger partial charge in [0, 0.05) is 10.5 Å². The van der Waals surface area contributed by atoms with Crippen molar-refractivity contribution in [1.29, 1.82) is 0 Å². The van der Waals surface area contributed by atoms with E-state index in [0.717, 1.165) is 0 Å². The van der Waals surface area contributed by atoms with Gasteiger partial charge in [-0.2, -0.15) is 0 Å². The number of hydrogen-bond acceptors (Lipinski definition) is 3. The minimum absolute atomic E-state index is 0.103. The Hall–Kier alpha value is -1.43. The fourth-order valence-electron chi connectivity index (χ4n) is 2.21. The van der Waals surface area contributed by atoms with Crippen LogP contribution in [0.15, 0.2) is 22.7 Å². The number of benzene rings is 1. The zero-order chi connectivity index (χ0) is 14.9. The number of imide groups is 1. The number of nitrogens with zero attached hydrogens (tertiary/aromatic N) is 1. The maximum atomic E-state index is 13.2. The quantitative estimate of drug-likeness (QED) is 0.856. The molecule has 1 saturated heterocycles. The van der Waals surface area contributed by atoms with Gasteiger partial charge in [0.1, 0.15) is 11.9 Å². The molecule has 2 atom stereocenters. The minimum atomic E-state index is -0.630. The van der Waals surface area contributed by atoms with Crippen molar-refractivity contribution in [2.75, 3.05) is 5.32 Å². The molecule has 2 amide bonds. The first-order valence-electron chi connectivity index (χ1n) is 6.51. The van der Waals surface area contributed by atoms with E-state index < -0.39 is 11.9 Å². The summed E-state index contributed by atoms with van der Waals surface area (Å²) < 4.78 is 13.9. The minimum Gasteiger partial charge on any atom is -0.372 e. The molecule has 2 unspecified atom stereocenters. The number of carbonyl (C=O) groups excluding carboxylic acids is 2. The van der Waals surface area contributed by atoms with Crippen molar-refractivity contribution in [3.05, 3.63) is 28.5 Å². The van der Waals surface area contributed by atoms with Crippen molar-refractivity contribution in [2.24, 2.45) is 0 Å². The molecule has 1 aromatic rings. The van der Waals surface area contributed by atoms with Crippen molar-refractivity contribution in [1.82, 2.24) is 4.90 Å². The highest BCUT2D eigenvalue weighted by molar-refractivity contribution is 9.10. The van der Waals surface area contributed by atoms with E-state index >= 15 is 0 Å². The number of halogens is 2. The summed E-state index contributed by atoms with van der Waals surface area (Å²) in [5, 5.41) is 2.94. The molecule has 2 rings (SSSR count). The third-order valence-corrected chi connectivity index (χ3v) is 4.16. The Morgan fingerprint density at radius 2 is 2.20 bits per heavy atom. The van der Waals surface area contributed by atoms with Gasteiger partial charge in [0.2, 0.25) is 5.91 Å². The van der Waals surface area contributed by atoms with Crippen LogP contribution < -0.4 is 5.32 Å². The number of nitrogens with one attached hydrogen (secondary N) is 1. The van der Waals surface area contributed by atoms with Crippen LogP contribution in [0.4, 0.5) is 10.1 Å². The Morgan fingerprint density at radius 3 is 2.85 bits per heavy atom. The van der Waals surface area contributed by atoms with E-state index in [1.165, 1.54) is 17.0 Å². The van der Waals surface area contributed by atoms with E-state index in [9.17, 15) is 14.0 Å². The third-order valence-electron chi connectivity index (χ3n) is 3.47. The fraction of sp³-hybridized carbons (Fsp3) is 0.429. The maximum absolute atomic E-state index is 13.2. The van der Waals surface area contributed by atoms with Crippen molar-refractivity contribution in [3.8, 4) is 0 Å². The number of likely N-dealkylation sites (tertiary alicyclic amines) is 1. The summed E-state index contributed by atoms with van der Waals surface area (Å²) in [6.07, 6.45) is 0.819. The summed E-state index contributed by atoms with van der Waals surface area (Å²) in [4.78, 5) is 25.5. The normalized spacial score (nSPS) is 20.4. The first kappa shape index (κ1) is 15.0. The molecule has 1 aliphatic rings. The monoisotopic (exact) mass is 342 g/mol. The zero-order valence-corrected chi connectivity index (χ0v) is 12.9. The smallest absolute Gasteiger partial charge is 0.252 e. The molecule has 0 aromatic heterocycles. The third kappa shape index (κ3) is 2.85. The second kappa shape index (κ2) is 5.91. The summed E-state index contributed by atoms with van der Waals surface area (Å²) in [7, 11) is 0. The van der Waals surface area contributed by atoms with Crippen LogP contribution >= 0.6 is 15.9 Å². The molecular formula is C14H16BrFN2O2. The van der Waals surface area contributed by atoms with Crippen LogP contribution in [0, 0.1) is 5.82 Å². The van der Waals surface area contributed by atoms with Crippen LogP contribution in [0.2, 0.25) is 0 Å². The van der Waals surface area contributed by atoms with Gasteiger partial charge in [-0.3, -0.25) is 14.5 Å². The highest BCUT2D eigenvalue weighted by Crippen LogP contribution is 2.27. The number of rotatable bonds is 4. The van der Waals surface area contributed by atoms with Crippen molar-refractivity contribution >= 4 is 33.4 Å². The van der Waals surface area contributed by atoms with Crippen molar-refractivity contribution in [2.45, 2.75) is 38.8 Å².